The first-order valence-corrected chi connectivity index (χ1v) is 6.36. The summed E-state index contributed by atoms with van der Waals surface area (Å²) < 4.78 is 13.8. The monoisotopic (exact) mass is 236 g/mol. The third-order valence-electron chi connectivity index (χ3n) is 4.19. The molecule has 2 rings (SSSR count). The maximum absolute atomic E-state index is 13.8. The van der Waals surface area contributed by atoms with Gasteiger partial charge >= 0.3 is 0 Å². The van der Waals surface area contributed by atoms with Crippen LogP contribution in [0.4, 0.5) is 4.39 Å². The number of aryl methyl sites for hydroxylation is 1. The minimum atomic E-state index is -0.674. The van der Waals surface area contributed by atoms with Gasteiger partial charge in [0.25, 0.3) is 0 Å². The van der Waals surface area contributed by atoms with Crippen molar-refractivity contribution in [3.05, 3.63) is 35.1 Å². The van der Waals surface area contributed by atoms with Gasteiger partial charge in [-0.3, -0.25) is 0 Å². The quantitative estimate of drug-likeness (QED) is 0.823. The molecular weight excluding hydrogens is 215 g/mol. The van der Waals surface area contributed by atoms with E-state index in [9.17, 15) is 9.50 Å². The molecule has 1 nitrogen and oxygen atoms in total. The molecule has 0 spiro atoms. The van der Waals surface area contributed by atoms with Crippen molar-refractivity contribution in [2.45, 2.75) is 46.1 Å². The normalized spacial score (nSPS) is 24.9. The lowest BCUT2D eigenvalue weighted by molar-refractivity contribution is 0.0504. The Morgan fingerprint density at radius 2 is 2.12 bits per heavy atom. The Morgan fingerprint density at radius 3 is 2.71 bits per heavy atom. The summed E-state index contributed by atoms with van der Waals surface area (Å²) in [5, 5.41) is 10.4. The first-order valence-electron chi connectivity index (χ1n) is 6.36. The maximum Gasteiger partial charge on any atom is 0.129 e. The molecule has 1 N–H and O–H groups in total. The second-order valence-corrected chi connectivity index (χ2v) is 5.96. The molecule has 2 unspecified atom stereocenters. The lowest BCUT2D eigenvalue weighted by Gasteiger charge is -2.31. The zero-order valence-electron chi connectivity index (χ0n) is 10.8. The fourth-order valence-electron chi connectivity index (χ4n) is 3.05. The molecule has 2 heteroatoms. The van der Waals surface area contributed by atoms with Crippen molar-refractivity contribution in [3.63, 3.8) is 0 Å². The van der Waals surface area contributed by atoms with E-state index in [-0.39, 0.29) is 17.2 Å². The lowest BCUT2D eigenvalue weighted by atomic mass is 9.76. The third kappa shape index (κ3) is 2.37. The fraction of sp³-hybridized carbons (Fsp3) is 0.600. The molecule has 0 amide bonds. The van der Waals surface area contributed by atoms with Gasteiger partial charge in [-0.2, -0.15) is 0 Å². The number of aliphatic hydroxyl groups is 1. The number of aliphatic hydroxyl groups excluding tert-OH is 1. The van der Waals surface area contributed by atoms with Crippen molar-refractivity contribution >= 4 is 0 Å². The largest absolute Gasteiger partial charge is 0.388 e. The summed E-state index contributed by atoms with van der Waals surface area (Å²) in [6.45, 7) is 6.26. The van der Waals surface area contributed by atoms with Gasteiger partial charge in [0.1, 0.15) is 5.82 Å². The van der Waals surface area contributed by atoms with E-state index in [0.29, 0.717) is 5.56 Å². The van der Waals surface area contributed by atoms with Gasteiger partial charge in [-0.15, -0.1) is 0 Å². The Bertz CT molecular complexity index is 411. The van der Waals surface area contributed by atoms with Crippen LogP contribution in [0.2, 0.25) is 0 Å². The van der Waals surface area contributed by atoms with E-state index in [4.69, 9.17) is 0 Å². The van der Waals surface area contributed by atoms with E-state index in [2.05, 4.69) is 13.8 Å². The Balaban J connectivity index is 2.30. The van der Waals surface area contributed by atoms with Crippen LogP contribution in [0.15, 0.2) is 18.2 Å². The zero-order chi connectivity index (χ0) is 12.6. The smallest absolute Gasteiger partial charge is 0.129 e. The Hall–Kier alpha value is -0.890. The molecule has 0 heterocycles. The van der Waals surface area contributed by atoms with Crippen LogP contribution in [0.1, 0.15) is 50.3 Å². The second-order valence-electron chi connectivity index (χ2n) is 5.96. The number of hydrogen-bond donors (Lipinski definition) is 1. The summed E-state index contributed by atoms with van der Waals surface area (Å²) in [6, 6.07) is 4.97. The van der Waals surface area contributed by atoms with Crippen LogP contribution in [-0.2, 0) is 0 Å². The van der Waals surface area contributed by atoms with Gasteiger partial charge in [0, 0.05) is 5.56 Å². The molecule has 1 aromatic rings. The molecule has 1 fully saturated rings. The minimum absolute atomic E-state index is 0.107. The van der Waals surface area contributed by atoms with Gasteiger partial charge in [0.05, 0.1) is 6.10 Å². The number of rotatable bonds is 2. The standard InChI is InChI=1S/C15H21FO/c1-10-6-7-13(16)11(9-10)14(17)12-5-4-8-15(12,2)3/h6-7,9,12,14,17H,4-5,8H2,1-3H3. The van der Waals surface area contributed by atoms with Gasteiger partial charge in [-0.05, 0) is 37.2 Å². The molecule has 2 atom stereocenters. The minimum Gasteiger partial charge on any atom is -0.388 e. The number of hydrogen-bond acceptors (Lipinski definition) is 1. The van der Waals surface area contributed by atoms with E-state index in [0.717, 1.165) is 24.8 Å². The van der Waals surface area contributed by atoms with Crippen LogP contribution < -0.4 is 0 Å². The maximum atomic E-state index is 13.8. The molecule has 0 radical (unpaired) electrons. The molecule has 1 aliphatic rings. The van der Waals surface area contributed by atoms with Crippen molar-refractivity contribution < 1.29 is 9.50 Å². The molecule has 0 saturated heterocycles. The summed E-state index contributed by atoms with van der Waals surface area (Å²) in [4.78, 5) is 0. The van der Waals surface area contributed by atoms with E-state index in [1.54, 1.807) is 12.1 Å². The Labute approximate surface area is 103 Å². The fourth-order valence-corrected chi connectivity index (χ4v) is 3.05. The Morgan fingerprint density at radius 1 is 1.41 bits per heavy atom. The van der Waals surface area contributed by atoms with Crippen molar-refractivity contribution in [1.82, 2.24) is 0 Å². The zero-order valence-corrected chi connectivity index (χ0v) is 10.8. The SMILES string of the molecule is Cc1ccc(F)c(C(O)C2CCCC2(C)C)c1. The van der Waals surface area contributed by atoms with Gasteiger partial charge in [-0.1, -0.05) is 38.0 Å². The highest BCUT2D eigenvalue weighted by Crippen LogP contribution is 2.48. The van der Waals surface area contributed by atoms with E-state index < -0.39 is 6.10 Å². The third-order valence-corrected chi connectivity index (χ3v) is 4.19. The molecule has 1 aliphatic carbocycles. The van der Waals surface area contributed by atoms with Gasteiger partial charge in [0.2, 0.25) is 0 Å². The van der Waals surface area contributed by atoms with Gasteiger partial charge < -0.3 is 5.11 Å². The highest BCUT2D eigenvalue weighted by atomic mass is 19.1. The highest BCUT2D eigenvalue weighted by molar-refractivity contribution is 5.26. The van der Waals surface area contributed by atoms with Crippen LogP contribution in [0, 0.1) is 24.1 Å². The molecule has 0 bridgehead atoms. The molecule has 1 aromatic carbocycles. The molecule has 1 saturated carbocycles. The second kappa shape index (κ2) is 4.41. The van der Waals surface area contributed by atoms with Crippen molar-refractivity contribution in [1.29, 1.82) is 0 Å². The molecule has 94 valence electrons. The highest BCUT2D eigenvalue weighted by Gasteiger charge is 2.40. The summed E-state index contributed by atoms with van der Waals surface area (Å²) >= 11 is 0. The predicted octanol–water partition coefficient (Wildman–Crippen LogP) is 3.99. The van der Waals surface area contributed by atoms with Crippen LogP contribution in [0.3, 0.4) is 0 Å². The van der Waals surface area contributed by atoms with Gasteiger partial charge in [0.15, 0.2) is 0 Å². The summed E-state index contributed by atoms with van der Waals surface area (Å²) in [7, 11) is 0. The molecular formula is C15H21FO. The topological polar surface area (TPSA) is 20.2 Å². The van der Waals surface area contributed by atoms with Crippen LogP contribution in [0.5, 0.6) is 0 Å². The van der Waals surface area contributed by atoms with Gasteiger partial charge in [-0.25, -0.2) is 4.39 Å². The summed E-state index contributed by atoms with van der Waals surface area (Å²) in [6.07, 6.45) is 2.55. The molecule has 17 heavy (non-hydrogen) atoms. The average Bonchev–Trinajstić information content (AvgIpc) is 2.61. The van der Waals surface area contributed by atoms with Crippen LogP contribution in [0.25, 0.3) is 0 Å². The van der Waals surface area contributed by atoms with Crippen LogP contribution >= 0.6 is 0 Å². The first kappa shape index (κ1) is 12.6. The number of benzene rings is 1. The van der Waals surface area contributed by atoms with E-state index in [1.165, 1.54) is 6.07 Å². The molecule has 0 aromatic heterocycles. The van der Waals surface area contributed by atoms with Crippen molar-refractivity contribution in [3.8, 4) is 0 Å². The predicted molar refractivity (Wildman–Crippen MR) is 67.2 cm³/mol. The number of halogens is 1. The Kier molecular flexibility index (Phi) is 3.26. The van der Waals surface area contributed by atoms with Crippen LogP contribution in [-0.4, -0.2) is 5.11 Å². The average molecular weight is 236 g/mol. The summed E-state index contributed by atoms with van der Waals surface area (Å²) in [5.41, 5.74) is 1.57. The van der Waals surface area contributed by atoms with Crippen molar-refractivity contribution in [2.24, 2.45) is 11.3 Å². The van der Waals surface area contributed by atoms with Crippen molar-refractivity contribution in [2.75, 3.05) is 0 Å². The lowest BCUT2D eigenvalue weighted by Crippen LogP contribution is -2.24. The summed E-state index contributed by atoms with van der Waals surface area (Å²) in [5.74, 6) is -0.121. The first-order chi connectivity index (χ1) is 7.92. The van der Waals surface area contributed by atoms with E-state index >= 15 is 0 Å². The van der Waals surface area contributed by atoms with E-state index in [1.807, 2.05) is 6.92 Å². The molecule has 0 aliphatic heterocycles.